The quantitative estimate of drug-likeness (QED) is 0.568. The van der Waals surface area contributed by atoms with Gasteiger partial charge in [-0.1, -0.05) is 43.5 Å². The van der Waals surface area contributed by atoms with Crippen LogP contribution < -0.4 is 0 Å². The molecule has 0 nitrogen and oxygen atoms in total. The minimum absolute atomic E-state index is 1.21. The van der Waals surface area contributed by atoms with Crippen LogP contribution in [0.5, 0.6) is 0 Å². The highest BCUT2D eigenvalue weighted by molar-refractivity contribution is 8.07. The Hall–Kier alpha value is 0.180. The first-order chi connectivity index (χ1) is 8.86. The molecule has 0 bridgehead atoms. The minimum Gasteiger partial charge on any atom is -0.147 e. The lowest BCUT2D eigenvalue weighted by atomic mass is 10.1. The molecule has 0 amide bonds. The normalized spacial score (nSPS) is 27.7. The molecule has 0 aromatic carbocycles. The second-order valence-electron chi connectivity index (χ2n) is 5.51. The van der Waals surface area contributed by atoms with Crippen molar-refractivity contribution in [2.75, 3.05) is 0 Å². The highest BCUT2D eigenvalue weighted by atomic mass is 32.2. The monoisotopic (exact) mass is 282 g/mol. The third-order valence-electron chi connectivity index (χ3n) is 3.89. The SMILES string of the molecule is S/C1=C(\SC2=CCCCCCC2)CCCCCC1. The molecular formula is C16H26S2. The lowest BCUT2D eigenvalue weighted by Crippen LogP contribution is -1.93. The Morgan fingerprint density at radius 3 is 2.28 bits per heavy atom. The lowest BCUT2D eigenvalue weighted by molar-refractivity contribution is 0.630. The van der Waals surface area contributed by atoms with E-state index in [1.807, 2.05) is 0 Å². The molecule has 0 aromatic rings. The molecule has 0 spiro atoms. The van der Waals surface area contributed by atoms with E-state index in [9.17, 15) is 0 Å². The van der Waals surface area contributed by atoms with Crippen LogP contribution in [0.2, 0.25) is 0 Å². The van der Waals surface area contributed by atoms with Crippen molar-refractivity contribution in [3.8, 4) is 0 Å². The van der Waals surface area contributed by atoms with E-state index in [4.69, 9.17) is 12.6 Å². The Morgan fingerprint density at radius 2 is 1.44 bits per heavy atom. The molecule has 2 heteroatoms. The van der Waals surface area contributed by atoms with Crippen molar-refractivity contribution in [3.63, 3.8) is 0 Å². The first-order valence-corrected chi connectivity index (χ1v) is 8.90. The maximum absolute atomic E-state index is 4.75. The fourth-order valence-electron chi connectivity index (χ4n) is 2.74. The lowest BCUT2D eigenvalue weighted by Gasteiger charge is -2.17. The molecular weight excluding hydrogens is 256 g/mol. The van der Waals surface area contributed by atoms with Gasteiger partial charge in [0.25, 0.3) is 0 Å². The summed E-state index contributed by atoms with van der Waals surface area (Å²) in [6, 6.07) is 0. The molecule has 102 valence electrons. The van der Waals surface area contributed by atoms with Gasteiger partial charge in [0, 0.05) is 0 Å². The van der Waals surface area contributed by atoms with Gasteiger partial charge in [0.05, 0.1) is 0 Å². The number of hydrogen-bond acceptors (Lipinski definition) is 2. The van der Waals surface area contributed by atoms with Crippen LogP contribution in [0.15, 0.2) is 20.8 Å². The first kappa shape index (κ1) is 14.6. The zero-order chi connectivity index (χ0) is 12.6. The fraction of sp³-hybridized carbons (Fsp3) is 0.750. The van der Waals surface area contributed by atoms with Crippen molar-refractivity contribution >= 4 is 24.4 Å². The van der Waals surface area contributed by atoms with Crippen LogP contribution in [-0.4, -0.2) is 0 Å². The number of rotatable bonds is 2. The van der Waals surface area contributed by atoms with Crippen LogP contribution in [-0.2, 0) is 0 Å². The Kier molecular flexibility index (Phi) is 6.78. The first-order valence-electron chi connectivity index (χ1n) is 7.64. The Balaban J connectivity index is 1.98. The number of thiol groups is 1. The Morgan fingerprint density at radius 1 is 0.778 bits per heavy atom. The number of hydrogen-bond donors (Lipinski definition) is 1. The van der Waals surface area contributed by atoms with Gasteiger partial charge in [0.15, 0.2) is 0 Å². The van der Waals surface area contributed by atoms with Crippen LogP contribution in [0.1, 0.15) is 77.0 Å². The molecule has 2 aliphatic rings. The topological polar surface area (TPSA) is 0 Å². The third-order valence-corrected chi connectivity index (χ3v) is 5.87. The van der Waals surface area contributed by atoms with Crippen LogP contribution in [0.4, 0.5) is 0 Å². The van der Waals surface area contributed by atoms with Crippen LogP contribution in [0.3, 0.4) is 0 Å². The predicted octanol–water partition coefficient (Wildman–Crippen LogP) is 6.45. The summed E-state index contributed by atoms with van der Waals surface area (Å²) in [6.07, 6.45) is 18.7. The second-order valence-corrected chi connectivity index (χ2v) is 7.27. The van der Waals surface area contributed by atoms with Gasteiger partial charge in [-0.3, -0.25) is 0 Å². The maximum atomic E-state index is 4.75. The summed E-state index contributed by atoms with van der Waals surface area (Å²) >= 11 is 6.81. The number of allylic oxidation sites excluding steroid dienone is 4. The largest absolute Gasteiger partial charge is 0.147 e. The summed E-state index contributed by atoms with van der Waals surface area (Å²) < 4.78 is 0. The molecule has 0 saturated carbocycles. The van der Waals surface area contributed by atoms with E-state index in [0.29, 0.717) is 0 Å². The molecule has 0 unspecified atom stereocenters. The van der Waals surface area contributed by atoms with Crippen LogP contribution in [0.25, 0.3) is 0 Å². The fourth-order valence-corrected chi connectivity index (χ4v) is 4.38. The summed E-state index contributed by atoms with van der Waals surface area (Å²) in [5.41, 5.74) is 0. The van der Waals surface area contributed by atoms with Gasteiger partial charge >= 0.3 is 0 Å². The van der Waals surface area contributed by atoms with Crippen molar-refractivity contribution < 1.29 is 0 Å². The van der Waals surface area contributed by atoms with E-state index in [2.05, 4.69) is 17.8 Å². The van der Waals surface area contributed by atoms with E-state index in [1.165, 1.54) is 82.0 Å². The third kappa shape index (κ3) is 5.05. The highest BCUT2D eigenvalue weighted by Crippen LogP contribution is 2.39. The van der Waals surface area contributed by atoms with Crippen LogP contribution >= 0.6 is 24.4 Å². The molecule has 0 saturated heterocycles. The zero-order valence-electron chi connectivity index (χ0n) is 11.4. The van der Waals surface area contributed by atoms with Gasteiger partial charge < -0.3 is 0 Å². The average Bonchev–Trinajstić information content (AvgIpc) is 2.31. The maximum Gasteiger partial charge on any atom is -0.00133 e. The van der Waals surface area contributed by atoms with Gasteiger partial charge in [-0.05, 0) is 66.1 Å². The van der Waals surface area contributed by atoms with E-state index in [0.717, 1.165) is 0 Å². The minimum atomic E-state index is 1.21. The van der Waals surface area contributed by atoms with E-state index in [-0.39, 0.29) is 0 Å². The molecule has 0 fully saturated rings. The van der Waals surface area contributed by atoms with Crippen molar-refractivity contribution in [1.29, 1.82) is 0 Å². The van der Waals surface area contributed by atoms with E-state index in [1.54, 1.807) is 9.81 Å². The molecule has 0 aliphatic heterocycles. The van der Waals surface area contributed by atoms with Gasteiger partial charge in [-0.15, -0.1) is 12.6 Å². The van der Waals surface area contributed by atoms with Crippen molar-refractivity contribution in [1.82, 2.24) is 0 Å². The average molecular weight is 283 g/mol. The standard InChI is InChI=1S/C16H26S2/c17-15-12-8-4-5-9-13-16(15)18-14-10-6-2-1-3-7-11-14/h10,17H,1-9,11-13H2/b14-10?,16-15-. The van der Waals surface area contributed by atoms with Crippen molar-refractivity contribution in [2.45, 2.75) is 77.0 Å². The van der Waals surface area contributed by atoms with Gasteiger partial charge in [-0.2, -0.15) is 0 Å². The smallest absolute Gasteiger partial charge is 0.00133 e. The summed E-state index contributed by atoms with van der Waals surface area (Å²) in [6.45, 7) is 0. The molecule has 0 N–H and O–H groups in total. The summed E-state index contributed by atoms with van der Waals surface area (Å²) in [7, 11) is 0. The molecule has 0 radical (unpaired) electrons. The zero-order valence-corrected chi connectivity index (χ0v) is 13.1. The highest BCUT2D eigenvalue weighted by Gasteiger charge is 2.11. The predicted molar refractivity (Wildman–Crippen MR) is 87.1 cm³/mol. The molecule has 0 heterocycles. The van der Waals surface area contributed by atoms with Crippen LogP contribution in [0, 0.1) is 0 Å². The molecule has 18 heavy (non-hydrogen) atoms. The summed E-state index contributed by atoms with van der Waals surface area (Å²) in [4.78, 5) is 4.57. The van der Waals surface area contributed by atoms with Crippen molar-refractivity contribution in [2.24, 2.45) is 0 Å². The molecule has 2 aliphatic carbocycles. The second kappa shape index (κ2) is 8.37. The molecule has 0 atom stereocenters. The van der Waals surface area contributed by atoms with Gasteiger partial charge in [0.1, 0.15) is 0 Å². The Labute approximate surface area is 122 Å². The van der Waals surface area contributed by atoms with Gasteiger partial charge in [-0.25, -0.2) is 0 Å². The summed E-state index contributed by atoms with van der Waals surface area (Å²) in [5.74, 6) is 0. The number of thioether (sulfide) groups is 1. The molecule has 2 rings (SSSR count). The molecule has 0 aromatic heterocycles. The summed E-state index contributed by atoms with van der Waals surface area (Å²) in [5, 5.41) is 0. The van der Waals surface area contributed by atoms with Crippen molar-refractivity contribution in [3.05, 3.63) is 20.8 Å². The van der Waals surface area contributed by atoms with E-state index < -0.39 is 0 Å². The van der Waals surface area contributed by atoms with Gasteiger partial charge in [0.2, 0.25) is 0 Å². The Bertz CT molecular complexity index is 315. The van der Waals surface area contributed by atoms with E-state index >= 15 is 0 Å².